The van der Waals surface area contributed by atoms with Gasteiger partial charge in [0.15, 0.2) is 9.84 Å². The number of ether oxygens (including phenoxy) is 1. The van der Waals surface area contributed by atoms with E-state index in [-0.39, 0.29) is 11.5 Å². The molecule has 0 amide bonds. The Kier molecular flexibility index (Phi) is 6.59. The predicted molar refractivity (Wildman–Crippen MR) is 112 cm³/mol. The second kappa shape index (κ2) is 9.04. The zero-order valence-electron chi connectivity index (χ0n) is 16.9. The number of rotatable bonds is 7. The van der Waals surface area contributed by atoms with Crippen LogP contribution >= 0.6 is 0 Å². The summed E-state index contributed by atoms with van der Waals surface area (Å²) in [6, 6.07) is 16.6. The third-order valence-electron chi connectivity index (χ3n) is 4.66. The van der Waals surface area contributed by atoms with E-state index in [0.717, 1.165) is 6.26 Å². The molecule has 9 heteroatoms. The third kappa shape index (κ3) is 5.67. The molecule has 3 aromatic carbocycles. The highest BCUT2D eigenvalue weighted by molar-refractivity contribution is 7.90. The lowest BCUT2D eigenvalue weighted by Crippen LogP contribution is -2.15. The zero-order valence-corrected chi connectivity index (χ0v) is 17.7. The summed E-state index contributed by atoms with van der Waals surface area (Å²) in [6.07, 6.45) is -4.61. The Bertz CT molecular complexity index is 1220. The summed E-state index contributed by atoms with van der Waals surface area (Å²) in [5.41, 5.74) is -0.107. The fourth-order valence-electron chi connectivity index (χ4n) is 3.20. The van der Waals surface area contributed by atoms with Crippen LogP contribution in [0.5, 0.6) is 5.75 Å². The summed E-state index contributed by atoms with van der Waals surface area (Å²) in [4.78, 5) is 11.3. The quantitative estimate of drug-likeness (QED) is 0.533. The van der Waals surface area contributed by atoms with Crippen LogP contribution in [0, 0.1) is 0 Å². The molecule has 3 aromatic rings. The van der Waals surface area contributed by atoms with Crippen molar-refractivity contribution in [2.75, 3.05) is 6.26 Å². The highest BCUT2D eigenvalue weighted by Gasteiger charge is 2.38. The summed E-state index contributed by atoms with van der Waals surface area (Å²) >= 11 is 0. The van der Waals surface area contributed by atoms with Crippen molar-refractivity contribution >= 4 is 15.8 Å². The van der Waals surface area contributed by atoms with Crippen molar-refractivity contribution in [2.24, 2.45) is 0 Å². The molecule has 0 saturated heterocycles. The van der Waals surface area contributed by atoms with Gasteiger partial charge >= 0.3 is 12.1 Å². The molecule has 1 N–H and O–H groups in total. The summed E-state index contributed by atoms with van der Waals surface area (Å²) in [5, 5.41) is 9.15. The molecule has 0 aromatic heterocycles. The number of carbonyl (C=O) groups is 1. The third-order valence-corrected chi connectivity index (χ3v) is 5.79. The first-order valence-corrected chi connectivity index (χ1v) is 11.3. The molecule has 0 aliphatic heterocycles. The molecule has 0 unspecified atom stereocenters. The molecule has 5 nitrogen and oxygen atoms in total. The largest absolute Gasteiger partial charge is 0.488 e. The van der Waals surface area contributed by atoms with Gasteiger partial charge in [0.1, 0.15) is 17.9 Å². The SMILES string of the molecule is CS(=O)(=O)c1ccc(COc2cc(-c3ccccc3)cc(CC(=O)O)c2C(F)(F)F)cc1. The van der Waals surface area contributed by atoms with Gasteiger partial charge in [0.2, 0.25) is 0 Å². The molecule has 0 bridgehead atoms. The molecule has 0 saturated carbocycles. The van der Waals surface area contributed by atoms with Gasteiger partial charge in [0.25, 0.3) is 0 Å². The van der Waals surface area contributed by atoms with Crippen LogP contribution in [0.4, 0.5) is 13.2 Å². The van der Waals surface area contributed by atoms with Crippen LogP contribution in [0.15, 0.2) is 71.6 Å². The maximum atomic E-state index is 13.9. The van der Waals surface area contributed by atoms with Gasteiger partial charge in [-0.3, -0.25) is 4.79 Å². The van der Waals surface area contributed by atoms with Gasteiger partial charge in [-0.25, -0.2) is 8.42 Å². The normalized spacial score (nSPS) is 11.9. The molecular weight excluding hydrogens is 445 g/mol. The first-order valence-electron chi connectivity index (χ1n) is 9.38. The smallest absolute Gasteiger partial charge is 0.420 e. The van der Waals surface area contributed by atoms with Crippen molar-refractivity contribution in [3.8, 4) is 16.9 Å². The number of benzene rings is 3. The van der Waals surface area contributed by atoms with Crippen molar-refractivity contribution in [3.05, 3.63) is 83.4 Å². The fraction of sp³-hybridized carbons (Fsp3) is 0.174. The van der Waals surface area contributed by atoms with E-state index < -0.39 is 45.3 Å². The molecule has 0 fully saturated rings. The van der Waals surface area contributed by atoms with E-state index in [1.54, 1.807) is 30.3 Å². The van der Waals surface area contributed by atoms with Gasteiger partial charge in [0, 0.05) is 6.26 Å². The molecule has 0 aliphatic carbocycles. The van der Waals surface area contributed by atoms with Gasteiger partial charge in [0.05, 0.1) is 11.3 Å². The van der Waals surface area contributed by atoms with Crippen molar-refractivity contribution in [1.82, 2.24) is 0 Å². The minimum Gasteiger partial charge on any atom is -0.488 e. The van der Waals surface area contributed by atoms with E-state index in [2.05, 4.69) is 0 Å². The number of carboxylic acid groups (broad SMARTS) is 1. The number of hydrogen-bond acceptors (Lipinski definition) is 4. The average molecular weight is 464 g/mol. The van der Waals surface area contributed by atoms with Crippen LogP contribution in [0.1, 0.15) is 16.7 Å². The van der Waals surface area contributed by atoms with E-state index in [0.29, 0.717) is 16.7 Å². The summed E-state index contributed by atoms with van der Waals surface area (Å²) in [7, 11) is -3.41. The zero-order chi connectivity index (χ0) is 23.5. The molecule has 32 heavy (non-hydrogen) atoms. The monoisotopic (exact) mass is 464 g/mol. The number of carboxylic acids is 1. The van der Waals surface area contributed by atoms with Gasteiger partial charge < -0.3 is 9.84 Å². The van der Waals surface area contributed by atoms with Crippen LogP contribution < -0.4 is 4.74 Å². The van der Waals surface area contributed by atoms with Crippen molar-refractivity contribution in [1.29, 1.82) is 0 Å². The van der Waals surface area contributed by atoms with Crippen LogP contribution in [-0.4, -0.2) is 25.7 Å². The van der Waals surface area contributed by atoms with Crippen molar-refractivity contribution in [2.45, 2.75) is 24.1 Å². The van der Waals surface area contributed by atoms with Crippen LogP contribution in [0.2, 0.25) is 0 Å². The Morgan fingerprint density at radius 2 is 1.59 bits per heavy atom. The van der Waals surface area contributed by atoms with Gasteiger partial charge in [-0.1, -0.05) is 42.5 Å². The van der Waals surface area contributed by atoms with E-state index in [4.69, 9.17) is 9.84 Å². The standard InChI is InChI=1S/C23H19F3O5S/c1-32(29,30)19-9-7-15(8-10-19)14-31-20-12-17(16-5-3-2-4-6-16)11-18(13-21(27)28)22(20)23(24,25)26/h2-12H,13-14H2,1H3,(H,27,28). The highest BCUT2D eigenvalue weighted by atomic mass is 32.2. The lowest BCUT2D eigenvalue weighted by molar-refractivity contribution is -0.140. The minimum absolute atomic E-state index is 0.0760. The first-order chi connectivity index (χ1) is 14.9. The average Bonchev–Trinajstić information content (AvgIpc) is 2.71. The number of sulfone groups is 1. The van der Waals surface area contributed by atoms with Crippen LogP contribution in [0.3, 0.4) is 0 Å². The van der Waals surface area contributed by atoms with E-state index in [1.807, 2.05) is 0 Å². The molecule has 0 heterocycles. The second-order valence-electron chi connectivity index (χ2n) is 7.15. The fourth-order valence-corrected chi connectivity index (χ4v) is 3.83. The summed E-state index contributed by atoms with van der Waals surface area (Å²) in [5.74, 6) is -1.90. The lowest BCUT2D eigenvalue weighted by atomic mass is 9.96. The Morgan fingerprint density at radius 1 is 0.969 bits per heavy atom. The van der Waals surface area contributed by atoms with E-state index in [1.165, 1.54) is 36.4 Å². The number of aliphatic carboxylic acids is 1. The second-order valence-corrected chi connectivity index (χ2v) is 9.16. The summed E-state index contributed by atoms with van der Waals surface area (Å²) < 4.78 is 70.2. The minimum atomic E-state index is -4.84. The Hall–Kier alpha value is -3.33. The van der Waals surface area contributed by atoms with E-state index >= 15 is 0 Å². The Balaban J connectivity index is 2.04. The predicted octanol–water partition coefficient (Wildman–Crippen LogP) is 4.98. The van der Waals surface area contributed by atoms with Gasteiger partial charge in [-0.2, -0.15) is 13.2 Å². The number of halogens is 3. The van der Waals surface area contributed by atoms with Crippen LogP contribution in [0.25, 0.3) is 11.1 Å². The highest BCUT2D eigenvalue weighted by Crippen LogP contribution is 2.42. The first kappa shape index (κ1) is 23.3. The molecule has 0 atom stereocenters. The van der Waals surface area contributed by atoms with Gasteiger partial charge in [-0.15, -0.1) is 0 Å². The van der Waals surface area contributed by atoms with Crippen molar-refractivity contribution < 1.29 is 36.2 Å². The molecule has 3 rings (SSSR count). The lowest BCUT2D eigenvalue weighted by Gasteiger charge is -2.19. The van der Waals surface area contributed by atoms with Crippen LogP contribution in [-0.2, 0) is 33.8 Å². The van der Waals surface area contributed by atoms with E-state index in [9.17, 15) is 26.4 Å². The molecule has 0 aliphatic rings. The molecule has 0 radical (unpaired) electrons. The van der Waals surface area contributed by atoms with Crippen molar-refractivity contribution in [3.63, 3.8) is 0 Å². The number of alkyl halides is 3. The number of hydrogen-bond donors (Lipinski definition) is 1. The molecule has 0 spiro atoms. The Labute approximate surface area is 183 Å². The maximum absolute atomic E-state index is 13.9. The maximum Gasteiger partial charge on any atom is 0.420 e. The Morgan fingerprint density at radius 3 is 2.12 bits per heavy atom. The molecule has 168 valence electrons. The molecular formula is C23H19F3O5S. The topological polar surface area (TPSA) is 80.7 Å². The summed E-state index contributed by atoms with van der Waals surface area (Å²) in [6.45, 7) is -0.266. The van der Waals surface area contributed by atoms with Gasteiger partial charge in [-0.05, 0) is 46.5 Å².